The van der Waals surface area contributed by atoms with E-state index in [1.54, 1.807) is 7.11 Å². The van der Waals surface area contributed by atoms with Gasteiger partial charge in [-0.05, 0) is 57.5 Å². The van der Waals surface area contributed by atoms with Crippen LogP contribution in [0.15, 0.2) is 24.3 Å². The van der Waals surface area contributed by atoms with Gasteiger partial charge < -0.3 is 10.1 Å². The van der Waals surface area contributed by atoms with E-state index in [-0.39, 0.29) is 0 Å². The van der Waals surface area contributed by atoms with E-state index in [4.69, 9.17) is 4.74 Å². The molecule has 1 aromatic carbocycles. The lowest BCUT2D eigenvalue weighted by Crippen LogP contribution is -2.39. The molecular formula is C16H26N2O. The summed E-state index contributed by atoms with van der Waals surface area (Å²) in [5.74, 6) is 0.929. The fraction of sp³-hybridized carbons (Fsp3) is 0.625. The molecule has 19 heavy (non-hydrogen) atoms. The van der Waals surface area contributed by atoms with E-state index in [9.17, 15) is 0 Å². The highest BCUT2D eigenvalue weighted by Crippen LogP contribution is 2.19. The van der Waals surface area contributed by atoms with Crippen molar-refractivity contribution in [3.63, 3.8) is 0 Å². The number of nitrogens with zero attached hydrogens (tertiary/aromatic N) is 1. The molecule has 0 aromatic heterocycles. The summed E-state index contributed by atoms with van der Waals surface area (Å²) in [6.45, 7) is 8.09. The van der Waals surface area contributed by atoms with E-state index in [1.807, 2.05) is 6.07 Å². The Morgan fingerprint density at radius 1 is 1.26 bits per heavy atom. The summed E-state index contributed by atoms with van der Waals surface area (Å²) in [5.41, 5.74) is 1.29. The normalized spacial score (nSPS) is 19.3. The molecule has 1 heterocycles. The van der Waals surface area contributed by atoms with Gasteiger partial charge in [0.2, 0.25) is 0 Å². The van der Waals surface area contributed by atoms with E-state index >= 15 is 0 Å². The Kier molecular flexibility index (Phi) is 5.23. The van der Waals surface area contributed by atoms with Crippen molar-refractivity contribution in [2.24, 2.45) is 0 Å². The first-order chi connectivity index (χ1) is 9.20. The van der Waals surface area contributed by atoms with Gasteiger partial charge in [0.25, 0.3) is 0 Å². The van der Waals surface area contributed by atoms with Gasteiger partial charge in [-0.3, -0.25) is 4.90 Å². The Bertz CT molecular complexity index is 388. The molecule has 1 aliphatic heterocycles. The predicted molar refractivity (Wildman–Crippen MR) is 79.7 cm³/mol. The molecule has 3 nitrogen and oxygen atoms in total. The average Bonchev–Trinajstić information content (AvgIpc) is 2.98. The molecule has 0 saturated carbocycles. The first kappa shape index (κ1) is 14.4. The third kappa shape index (κ3) is 3.95. The Hall–Kier alpha value is -1.06. The monoisotopic (exact) mass is 262 g/mol. The van der Waals surface area contributed by atoms with Crippen LogP contribution in [0.1, 0.15) is 38.3 Å². The summed E-state index contributed by atoms with van der Waals surface area (Å²) in [5, 5.41) is 3.63. The summed E-state index contributed by atoms with van der Waals surface area (Å²) in [7, 11) is 1.71. The molecule has 2 atom stereocenters. The standard InChI is InChI=1S/C16H26N2O/c1-13(18-9-4-5-10-18)12-17-14(2)15-7-6-8-16(11-15)19-3/h6-8,11,13-14,17H,4-5,9-10,12H2,1-3H3. The number of hydrogen-bond donors (Lipinski definition) is 1. The highest BCUT2D eigenvalue weighted by Gasteiger charge is 2.18. The van der Waals surface area contributed by atoms with Crippen LogP contribution in [-0.2, 0) is 0 Å². The van der Waals surface area contributed by atoms with E-state index in [2.05, 4.69) is 42.3 Å². The summed E-state index contributed by atoms with van der Waals surface area (Å²) < 4.78 is 5.28. The van der Waals surface area contributed by atoms with Crippen LogP contribution in [0.4, 0.5) is 0 Å². The van der Waals surface area contributed by atoms with Crippen molar-refractivity contribution in [3.05, 3.63) is 29.8 Å². The van der Waals surface area contributed by atoms with Gasteiger partial charge in [0.05, 0.1) is 7.11 Å². The number of rotatable bonds is 6. The molecule has 0 spiro atoms. The van der Waals surface area contributed by atoms with Crippen LogP contribution in [0, 0.1) is 0 Å². The van der Waals surface area contributed by atoms with Crippen molar-refractivity contribution in [3.8, 4) is 5.75 Å². The molecule has 106 valence electrons. The lowest BCUT2D eigenvalue weighted by Gasteiger charge is -2.26. The van der Waals surface area contributed by atoms with Crippen molar-refractivity contribution >= 4 is 0 Å². The topological polar surface area (TPSA) is 24.5 Å². The Morgan fingerprint density at radius 2 is 2.00 bits per heavy atom. The number of nitrogens with one attached hydrogen (secondary N) is 1. The van der Waals surface area contributed by atoms with Crippen molar-refractivity contribution in [1.29, 1.82) is 0 Å². The van der Waals surface area contributed by atoms with Crippen molar-refractivity contribution < 1.29 is 4.74 Å². The van der Waals surface area contributed by atoms with Crippen LogP contribution in [0.3, 0.4) is 0 Å². The maximum atomic E-state index is 5.28. The van der Waals surface area contributed by atoms with Crippen LogP contribution < -0.4 is 10.1 Å². The quantitative estimate of drug-likeness (QED) is 0.853. The first-order valence-corrected chi connectivity index (χ1v) is 7.32. The molecule has 3 heteroatoms. The SMILES string of the molecule is COc1cccc(C(C)NCC(C)N2CCCC2)c1. The molecule has 2 unspecified atom stereocenters. The third-order valence-electron chi connectivity index (χ3n) is 4.08. The molecule has 1 N–H and O–H groups in total. The van der Waals surface area contributed by atoms with Gasteiger partial charge in [-0.2, -0.15) is 0 Å². The number of hydrogen-bond acceptors (Lipinski definition) is 3. The van der Waals surface area contributed by atoms with Gasteiger partial charge in [0.1, 0.15) is 5.75 Å². The molecule has 1 fully saturated rings. The van der Waals surface area contributed by atoms with Crippen molar-refractivity contribution in [2.75, 3.05) is 26.7 Å². The number of ether oxygens (including phenoxy) is 1. The summed E-state index contributed by atoms with van der Waals surface area (Å²) in [6, 6.07) is 9.29. The minimum atomic E-state index is 0.361. The van der Waals surface area contributed by atoms with Crippen LogP contribution >= 0.6 is 0 Å². The second kappa shape index (κ2) is 6.92. The lowest BCUT2D eigenvalue weighted by molar-refractivity contribution is 0.247. The first-order valence-electron chi connectivity index (χ1n) is 7.32. The summed E-state index contributed by atoms with van der Waals surface area (Å²) >= 11 is 0. The van der Waals surface area contributed by atoms with Gasteiger partial charge in [-0.1, -0.05) is 12.1 Å². The Labute approximate surface area is 116 Å². The molecule has 0 aliphatic carbocycles. The van der Waals surface area contributed by atoms with Gasteiger partial charge in [-0.25, -0.2) is 0 Å². The zero-order valence-electron chi connectivity index (χ0n) is 12.4. The minimum absolute atomic E-state index is 0.361. The van der Waals surface area contributed by atoms with Crippen molar-refractivity contribution in [1.82, 2.24) is 10.2 Å². The number of benzene rings is 1. The lowest BCUT2D eigenvalue weighted by atomic mass is 10.1. The summed E-state index contributed by atoms with van der Waals surface area (Å²) in [6.07, 6.45) is 2.71. The number of likely N-dealkylation sites (tertiary alicyclic amines) is 1. The second-order valence-corrected chi connectivity index (χ2v) is 5.50. The van der Waals surface area contributed by atoms with Gasteiger partial charge in [0, 0.05) is 18.6 Å². The van der Waals surface area contributed by atoms with Gasteiger partial charge in [-0.15, -0.1) is 0 Å². The zero-order chi connectivity index (χ0) is 13.7. The molecule has 1 aliphatic rings. The molecule has 0 bridgehead atoms. The maximum Gasteiger partial charge on any atom is 0.119 e. The minimum Gasteiger partial charge on any atom is -0.497 e. The summed E-state index contributed by atoms with van der Waals surface area (Å²) in [4.78, 5) is 2.57. The van der Waals surface area contributed by atoms with Gasteiger partial charge >= 0.3 is 0 Å². The predicted octanol–water partition coefficient (Wildman–Crippen LogP) is 2.83. The van der Waals surface area contributed by atoms with Crippen LogP contribution in [0.5, 0.6) is 5.75 Å². The molecule has 2 rings (SSSR count). The fourth-order valence-electron chi connectivity index (χ4n) is 2.69. The van der Waals surface area contributed by atoms with Crippen LogP contribution in [-0.4, -0.2) is 37.7 Å². The van der Waals surface area contributed by atoms with E-state index in [0.29, 0.717) is 12.1 Å². The van der Waals surface area contributed by atoms with E-state index in [1.165, 1.54) is 31.5 Å². The third-order valence-corrected chi connectivity index (χ3v) is 4.08. The Morgan fingerprint density at radius 3 is 2.68 bits per heavy atom. The fourth-order valence-corrected chi connectivity index (χ4v) is 2.69. The largest absolute Gasteiger partial charge is 0.497 e. The molecule has 0 radical (unpaired) electrons. The molecular weight excluding hydrogens is 236 g/mol. The highest BCUT2D eigenvalue weighted by atomic mass is 16.5. The van der Waals surface area contributed by atoms with Crippen LogP contribution in [0.25, 0.3) is 0 Å². The van der Waals surface area contributed by atoms with Crippen molar-refractivity contribution in [2.45, 2.75) is 38.8 Å². The smallest absolute Gasteiger partial charge is 0.119 e. The molecule has 1 saturated heterocycles. The van der Waals surface area contributed by atoms with E-state index in [0.717, 1.165) is 12.3 Å². The van der Waals surface area contributed by atoms with E-state index < -0.39 is 0 Å². The highest BCUT2D eigenvalue weighted by molar-refractivity contribution is 5.30. The average molecular weight is 262 g/mol. The second-order valence-electron chi connectivity index (χ2n) is 5.50. The maximum absolute atomic E-state index is 5.28. The number of methoxy groups -OCH3 is 1. The zero-order valence-corrected chi connectivity index (χ0v) is 12.4. The van der Waals surface area contributed by atoms with Crippen LogP contribution in [0.2, 0.25) is 0 Å². The van der Waals surface area contributed by atoms with Gasteiger partial charge in [0.15, 0.2) is 0 Å². The Balaban J connectivity index is 1.84. The molecule has 1 aromatic rings. The molecule has 0 amide bonds.